The summed E-state index contributed by atoms with van der Waals surface area (Å²) in [6.07, 6.45) is 0. The highest BCUT2D eigenvalue weighted by Gasteiger charge is 2.15. The van der Waals surface area contributed by atoms with Crippen LogP contribution in [0.15, 0.2) is 42.5 Å². The molecule has 0 aliphatic heterocycles. The molecule has 2 aromatic rings. The molecule has 0 fully saturated rings. The summed E-state index contributed by atoms with van der Waals surface area (Å²) in [5.74, 6) is -0.580. The summed E-state index contributed by atoms with van der Waals surface area (Å²) >= 11 is 1.89. The van der Waals surface area contributed by atoms with Crippen molar-refractivity contribution in [3.05, 3.63) is 61.7 Å². The van der Waals surface area contributed by atoms with Crippen molar-refractivity contribution in [1.82, 2.24) is 0 Å². The van der Waals surface area contributed by atoms with Crippen LogP contribution in [0.1, 0.15) is 10.4 Å². The molecule has 120 valence electrons. The van der Waals surface area contributed by atoms with Gasteiger partial charge in [0.05, 0.1) is 10.5 Å². The summed E-state index contributed by atoms with van der Waals surface area (Å²) in [5, 5.41) is 13.3. The number of nitrogens with one attached hydrogen (secondary N) is 1. The molecule has 2 rings (SSSR count). The van der Waals surface area contributed by atoms with Crippen molar-refractivity contribution < 1.29 is 23.2 Å². The van der Waals surface area contributed by atoms with E-state index in [1.807, 2.05) is 22.6 Å². The van der Waals surface area contributed by atoms with Gasteiger partial charge in [0.2, 0.25) is 0 Å². The minimum absolute atomic E-state index is 0.0390. The van der Waals surface area contributed by atoms with E-state index in [0.717, 1.165) is 0 Å². The summed E-state index contributed by atoms with van der Waals surface area (Å²) < 4.78 is 28.8. The van der Waals surface area contributed by atoms with E-state index in [0.29, 0.717) is 9.26 Å². The third-order valence-corrected chi connectivity index (χ3v) is 3.68. The van der Waals surface area contributed by atoms with Crippen molar-refractivity contribution >= 4 is 39.9 Å². The molecule has 1 N–H and O–H groups in total. The molecular formula is C14H9F2IN2O4. The number of amides is 1. The fraction of sp³-hybridized carbons (Fsp3) is 0.0714. The van der Waals surface area contributed by atoms with Crippen molar-refractivity contribution in [1.29, 1.82) is 0 Å². The average molecular weight is 434 g/mol. The van der Waals surface area contributed by atoms with Crippen LogP contribution in [0.5, 0.6) is 5.75 Å². The molecule has 6 nitrogen and oxygen atoms in total. The van der Waals surface area contributed by atoms with Gasteiger partial charge in [0, 0.05) is 21.4 Å². The molecule has 2 aromatic carbocycles. The van der Waals surface area contributed by atoms with Crippen molar-refractivity contribution in [3.8, 4) is 5.75 Å². The second-order valence-corrected chi connectivity index (χ2v) is 5.44. The van der Waals surface area contributed by atoms with Gasteiger partial charge in [-0.15, -0.1) is 0 Å². The number of non-ortho nitro benzene ring substituents is 1. The quantitative estimate of drug-likeness (QED) is 0.438. The largest absolute Gasteiger partial charge is 0.435 e. The molecule has 1 amide bonds. The number of hydrogen-bond acceptors (Lipinski definition) is 4. The molecule has 0 saturated heterocycles. The number of halogens is 3. The lowest BCUT2D eigenvalue weighted by atomic mass is 10.2. The van der Waals surface area contributed by atoms with Crippen molar-refractivity contribution in [2.24, 2.45) is 0 Å². The van der Waals surface area contributed by atoms with Gasteiger partial charge >= 0.3 is 6.61 Å². The molecule has 0 radical (unpaired) electrons. The Morgan fingerprint density at radius 2 is 1.87 bits per heavy atom. The Kier molecular flexibility index (Phi) is 5.42. The van der Waals surface area contributed by atoms with Gasteiger partial charge in [0.25, 0.3) is 11.6 Å². The number of alkyl halides is 2. The number of nitrogens with zero attached hydrogens (tertiary/aromatic N) is 1. The maximum atomic E-state index is 12.2. The SMILES string of the molecule is O=C(Nc1ccc(OC(F)F)cc1)c1cc([N+](=O)[O-])ccc1I. The second-order valence-electron chi connectivity index (χ2n) is 4.28. The molecular weight excluding hydrogens is 425 g/mol. The van der Waals surface area contributed by atoms with Gasteiger partial charge in [-0.2, -0.15) is 8.78 Å². The van der Waals surface area contributed by atoms with Crippen molar-refractivity contribution in [2.45, 2.75) is 6.61 Å². The Balaban J connectivity index is 2.15. The van der Waals surface area contributed by atoms with Crippen LogP contribution >= 0.6 is 22.6 Å². The van der Waals surface area contributed by atoms with Crippen LogP contribution in [0.2, 0.25) is 0 Å². The predicted molar refractivity (Wildman–Crippen MR) is 86.8 cm³/mol. The van der Waals surface area contributed by atoms with Crippen LogP contribution < -0.4 is 10.1 Å². The fourth-order valence-corrected chi connectivity index (χ4v) is 2.30. The van der Waals surface area contributed by atoms with E-state index < -0.39 is 17.4 Å². The molecule has 0 atom stereocenters. The predicted octanol–water partition coefficient (Wildman–Crippen LogP) is 4.05. The summed E-state index contributed by atoms with van der Waals surface area (Å²) in [6, 6.07) is 9.27. The van der Waals surface area contributed by atoms with Crippen LogP contribution in [0.4, 0.5) is 20.2 Å². The highest BCUT2D eigenvalue weighted by atomic mass is 127. The molecule has 0 saturated carbocycles. The lowest BCUT2D eigenvalue weighted by Gasteiger charge is -2.08. The Morgan fingerprint density at radius 1 is 1.22 bits per heavy atom. The van der Waals surface area contributed by atoms with E-state index in [1.165, 1.54) is 42.5 Å². The molecule has 23 heavy (non-hydrogen) atoms. The highest BCUT2D eigenvalue weighted by molar-refractivity contribution is 14.1. The maximum Gasteiger partial charge on any atom is 0.387 e. The van der Waals surface area contributed by atoms with Gasteiger partial charge in [0.15, 0.2) is 0 Å². The van der Waals surface area contributed by atoms with E-state index in [-0.39, 0.29) is 17.0 Å². The number of benzene rings is 2. The van der Waals surface area contributed by atoms with Gasteiger partial charge in [-0.1, -0.05) is 0 Å². The lowest BCUT2D eigenvalue weighted by Crippen LogP contribution is -2.13. The van der Waals surface area contributed by atoms with Crippen molar-refractivity contribution in [3.63, 3.8) is 0 Å². The monoisotopic (exact) mass is 434 g/mol. The third-order valence-electron chi connectivity index (χ3n) is 2.74. The van der Waals surface area contributed by atoms with Crippen LogP contribution in [0.25, 0.3) is 0 Å². The smallest absolute Gasteiger partial charge is 0.387 e. The number of carbonyl (C=O) groups is 1. The lowest BCUT2D eigenvalue weighted by molar-refractivity contribution is -0.384. The van der Waals surface area contributed by atoms with Crippen molar-refractivity contribution in [2.75, 3.05) is 5.32 Å². The fourth-order valence-electron chi connectivity index (χ4n) is 1.72. The Labute approximate surface area is 142 Å². The van der Waals surface area contributed by atoms with E-state index in [2.05, 4.69) is 10.1 Å². The topological polar surface area (TPSA) is 81.5 Å². The standard InChI is InChI=1S/C14H9F2IN2O4/c15-14(16)23-10-4-1-8(2-5-10)18-13(20)11-7-9(19(21)22)3-6-12(11)17/h1-7,14H,(H,18,20). The number of rotatable bonds is 5. The number of carbonyl (C=O) groups excluding carboxylic acids is 1. The first-order valence-corrected chi connectivity index (χ1v) is 7.25. The summed E-state index contributed by atoms with van der Waals surface area (Å²) in [6.45, 7) is -2.93. The summed E-state index contributed by atoms with van der Waals surface area (Å²) in [5.41, 5.74) is 0.294. The molecule has 0 unspecified atom stereocenters. The van der Waals surface area contributed by atoms with E-state index in [4.69, 9.17) is 0 Å². The van der Waals surface area contributed by atoms with Crippen LogP contribution in [-0.2, 0) is 0 Å². The minimum atomic E-state index is -2.93. The number of nitro groups is 1. The van der Waals surface area contributed by atoms with E-state index in [9.17, 15) is 23.7 Å². The molecule has 0 spiro atoms. The zero-order valence-electron chi connectivity index (χ0n) is 11.3. The first-order valence-electron chi connectivity index (χ1n) is 6.17. The van der Waals surface area contributed by atoms with Crippen LogP contribution in [0.3, 0.4) is 0 Å². The minimum Gasteiger partial charge on any atom is -0.435 e. The first kappa shape index (κ1) is 17.1. The molecule has 0 heterocycles. The van der Waals surface area contributed by atoms with Crippen LogP contribution in [-0.4, -0.2) is 17.4 Å². The molecule has 0 bridgehead atoms. The number of hydrogen-bond donors (Lipinski definition) is 1. The number of nitro benzene ring substituents is 1. The maximum absolute atomic E-state index is 12.2. The Morgan fingerprint density at radius 3 is 2.43 bits per heavy atom. The van der Waals surface area contributed by atoms with Gasteiger partial charge in [-0.25, -0.2) is 0 Å². The van der Waals surface area contributed by atoms with Gasteiger partial charge in [0.1, 0.15) is 5.75 Å². The first-order chi connectivity index (χ1) is 10.9. The van der Waals surface area contributed by atoms with Crippen LogP contribution in [0, 0.1) is 13.7 Å². The molecule has 0 aliphatic rings. The van der Waals surface area contributed by atoms with Gasteiger partial charge < -0.3 is 10.1 Å². The molecule has 0 aliphatic carbocycles. The van der Waals surface area contributed by atoms with E-state index in [1.54, 1.807) is 0 Å². The third kappa shape index (κ3) is 4.58. The average Bonchev–Trinajstić information content (AvgIpc) is 2.48. The number of anilines is 1. The number of ether oxygens (including phenoxy) is 1. The second kappa shape index (κ2) is 7.31. The van der Waals surface area contributed by atoms with E-state index >= 15 is 0 Å². The Bertz CT molecular complexity index is 738. The highest BCUT2D eigenvalue weighted by Crippen LogP contribution is 2.22. The normalized spacial score (nSPS) is 10.4. The molecule has 9 heteroatoms. The summed E-state index contributed by atoms with van der Waals surface area (Å²) in [4.78, 5) is 22.4. The molecule has 0 aromatic heterocycles. The summed E-state index contributed by atoms with van der Waals surface area (Å²) in [7, 11) is 0. The van der Waals surface area contributed by atoms with Gasteiger partial charge in [-0.3, -0.25) is 14.9 Å². The zero-order valence-corrected chi connectivity index (χ0v) is 13.5. The zero-order chi connectivity index (χ0) is 17.0. The Hall–Kier alpha value is -2.30. The van der Waals surface area contributed by atoms with Gasteiger partial charge in [-0.05, 0) is 52.9 Å².